The molecule has 3 atom stereocenters. The van der Waals surface area contributed by atoms with Crippen molar-refractivity contribution < 1.29 is 9.47 Å². The summed E-state index contributed by atoms with van der Waals surface area (Å²) in [4.78, 5) is 0. The third kappa shape index (κ3) is 3.86. The Morgan fingerprint density at radius 3 is 2.78 bits per heavy atom. The molecular weight excluding hydrogens is 246 g/mol. The van der Waals surface area contributed by atoms with Gasteiger partial charge in [0.15, 0.2) is 0 Å². The van der Waals surface area contributed by atoms with Crippen LogP contribution in [0.5, 0.6) is 0 Å². The average Bonchev–Trinajstić information content (AvgIpc) is 2.73. The van der Waals surface area contributed by atoms with Gasteiger partial charge in [0.2, 0.25) is 0 Å². The van der Waals surface area contributed by atoms with Crippen molar-refractivity contribution in [2.45, 2.75) is 56.4 Å². The van der Waals surface area contributed by atoms with E-state index in [1.54, 1.807) is 0 Å². The van der Waals surface area contributed by atoms with Crippen LogP contribution in [0.2, 0.25) is 0 Å². The molecule has 106 valence electrons. The standard InChI is InChI=1S/C14H27NO2S/c1-13(2,3)18-9-12(15)11-4-6-17-14(8-11)5-7-16-10-14/h11-12H,4-10,15H2,1-3H3. The summed E-state index contributed by atoms with van der Waals surface area (Å²) < 4.78 is 11.8. The molecule has 0 saturated carbocycles. The second kappa shape index (κ2) is 5.70. The summed E-state index contributed by atoms with van der Waals surface area (Å²) in [6.07, 6.45) is 3.23. The minimum atomic E-state index is -0.00701. The van der Waals surface area contributed by atoms with Crippen LogP contribution in [0, 0.1) is 5.92 Å². The molecule has 2 aliphatic heterocycles. The van der Waals surface area contributed by atoms with Crippen LogP contribution in [0.3, 0.4) is 0 Å². The molecule has 3 unspecified atom stereocenters. The third-order valence-electron chi connectivity index (χ3n) is 3.91. The first kappa shape index (κ1) is 14.6. The van der Waals surface area contributed by atoms with Crippen molar-refractivity contribution in [3.05, 3.63) is 0 Å². The Bertz CT molecular complexity index is 271. The van der Waals surface area contributed by atoms with Crippen molar-refractivity contribution in [2.24, 2.45) is 11.7 Å². The quantitative estimate of drug-likeness (QED) is 0.858. The van der Waals surface area contributed by atoms with Crippen LogP contribution in [0.4, 0.5) is 0 Å². The molecular formula is C14H27NO2S. The van der Waals surface area contributed by atoms with E-state index in [0.29, 0.717) is 10.7 Å². The first-order chi connectivity index (χ1) is 8.40. The van der Waals surface area contributed by atoms with Gasteiger partial charge in [-0.15, -0.1) is 0 Å². The Morgan fingerprint density at radius 1 is 1.39 bits per heavy atom. The third-order valence-corrected chi connectivity index (χ3v) is 5.33. The van der Waals surface area contributed by atoms with Gasteiger partial charge < -0.3 is 15.2 Å². The summed E-state index contributed by atoms with van der Waals surface area (Å²) in [5.74, 6) is 1.64. The number of rotatable bonds is 3. The van der Waals surface area contributed by atoms with E-state index in [-0.39, 0.29) is 11.6 Å². The van der Waals surface area contributed by atoms with E-state index < -0.39 is 0 Å². The van der Waals surface area contributed by atoms with Gasteiger partial charge in [-0.2, -0.15) is 11.8 Å². The number of ether oxygens (including phenoxy) is 2. The molecule has 0 aromatic carbocycles. The van der Waals surface area contributed by atoms with Crippen LogP contribution in [0.1, 0.15) is 40.0 Å². The SMILES string of the molecule is CC(C)(C)SCC(N)C1CCOC2(CCOC2)C1. The average molecular weight is 273 g/mol. The molecule has 4 heteroatoms. The highest BCUT2D eigenvalue weighted by molar-refractivity contribution is 8.00. The molecule has 2 rings (SSSR count). The lowest BCUT2D eigenvalue weighted by molar-refractivity contribution is -0.100. The van der Waals surface area contributed by atoms with Crippen LogP contribution in [-0.2, 0) is 9.47 Å². The molecule has 0 aromatic heterocycles. The van der Waals surface area contributed by atoms with E-state index in [1.165, 1.54) is 0 Å². The van der Waals surface area contributed by atoms with E-state index in [2.05, 4.69) is 20.8 Å². The number of hydrogen-bond donors (Lipinski definition) is 1. The summed E-state index contributed by atoms with van der Waals surface area (Å²) in [5, 5.41) is 0. The van der Waals surface area contributed by atoms with Crippen LogP contribution >= 0.6 is 11.8 Å². The van der Waals surface area contributed by atoms with E-state index in [4.69, 9.17) is 15.2 Å². The molecule has 2 N–H and O–H groups in total. The van der Waals surface area contributed by atoms with E-state index in [0.717, 1.165) is 44.8 Å². The fourth-order valence-electron chi connectivity index (χ4n) is 2.78. The molecule has 0 aliphatic carbocycles. The lowest BCUT2D eigenvalue weighted by Gasteiger charge is -2.39. The normalized spacial score (nSPS) is 35.0. The fourth-order valence-corrected chi connectivity index (χ4v) is 3.74. The molecule has 0 bridgehead atoms. The summed E-state index contributed by atoms with van der Waals surface area (Å²) in [6, 6.07) is 0.288. The second-order valence-electron chi connectivity index (χ2n) is 6.67. The van der Waals surface area contributed by atoms with Crippen molar-refractivity contribution in [1.82, 2.24) is 0 Å². The van der Waals surface area contributed by atoms with Crippen molar-refractivity contribution in [1.29, 1.82) is 0 Å². The monoisotopic (exact) mass is 273 g/mol. The molecule has 3 nitrogen and oxygen atoms in total. The zero-order valence-electron chi connectivity index (χ0n) is 11.9. The maximum atomic E-state index is 6.39. The minimum Gasteiger partial charge on any atom is -0.378 e. The zero-order valence-corrected chi connectivity index (χ0v) is 12.7. The van der Waals surface area contributed by atoms with Gasteiger partial charge in [-0.1, -0.05) is 20.8 Å². The molecule has 2 fully saturated rings. The smallest absolute Gasteiger partial charge is 0.0939 e. The van der Waals surface area contributed by atoms with Gasteiger partial charge in [-0.05, 0) is 18.8 Å². The summed E-state index contributed by atoms with van der Waals surface area (Å²) in [7, 11) is 0. The Hall–Kier alpha value is 0.230. The Labute approximate surface area is 115 Å². The summed E-state index contributed by atoms with van der Waals surface area (Å²) in [6.45, 7) is 9.21. The van der Waals surface area contributed by atoms with Crippen LogP contribution < -0.4 is 5.73 Å². The summed E-state index contributed by atoms with van der Waals surface area (Å²) >= 11 is 1.97. The van der Waals surface area contributed by atoms with E-state index in [1.807, 2.05) is 11.8 Å². The number of hydrogen-bond acceptors (Lipinski definition) is 4. The molecule has 0 amide bonds. The first-order valence-electron chi connectivity index (χ1n) is 7.02. The van der Waals surface area contributed by atoms with Gasteiger partial charge in [0.25, 0.3) is 0 Å². The fraction of sp³-hybridized carbons (Fsp3) is 1.00. The predicted molar refractivity (Wildman–Crippen MR) is 77.0 cm³/mol. The lowest BCUT2D eigenvalue weighted by Crippen LogP contribution is -2.46. The molecule has 2 heterocycles. The van der Waals surface area contributed by atoms with Gasteiger partial charge in [0.1, 0.15) is 0 Å². The Morgan fingerprint density at radius 2 is 2.17 bits per heavy atom. The zero-order chi connectivity index (χ0) is 13.2. The van der Waals surface area contributed by atoms with E-state index >= 15 is 0 Å². The molecule has 2 aliphatic rings. The van der Waals surface area contributed by atoms with Crippen molar-refractivity contribution in [2.75, 3.05) is 25.6 Å². The maximum absolute atomic E-state index is 6.39. The molecule has 0 radical (unpaired) electrons. The van der Waals surface area contributed by atoms with Crippen LogP contribution in [0.15, 0.2) is 0 Å². The van der Waals surface area contributed by atoms with Gasteiger partial charge in [0, 0.05) is 36.2 Å². The Balaban J connectivity index is 1.84. The lowest BCUT2D eigenvalue weighted by atomic mass is 9.82. The highest BCUT2D eigenvalue weighted by Crippen LogP contribution is 2.37. The van der Waals surface area contributed by atoms with Crippen molar-refractivity contribution in [3.8, 4) is 0 Å². The van der Waals surface area contributed by atoms with Crippen molar-refractivity contribution in [3.63, 3.8) is 0 Å². The van der Waals surface area contributed by atoms with Crippen LogP contribution in [-0.4, -0.2) is 42.0 Å². The largest absolute Gasteiger partial charge is 0.378 e. The minimum absolute atomic E-state index is 0.00701. The molecule has 2 saturated heterocycles. The topological polar surface area (TPSA) is 44.5 Å². The molecule has 18 heavy (non-hydrogen) atoms. The van der Waals surface area contributed by atoms with Crippen LogP contribution in [0.25, 0.3) is 0 Å². The highest BCUT2D eigenvalue weighted by Gasteiger charge is 2.42. The second-order valence-corrected chi connectivity index (χ2v) is 8.52. The number of nitrogens with two attached hydrogens (primary N) is 1. The van der Waals surface area contributed by atoms with Gasteiger partial charge in [-0.3, -0.25) is 0 Å². The highest BCUT2D eigenvalue weighted by atomic mass is 32.2. The van der Waals surface area contributed by atoms with Gasteiger partial charge >= 0.3 is 0 Å². The predicted octanol–water partition coefficient (Wildman–Crippen LogP) is 2.43. The van der Waals surface area contributed by atoms with Gasteiger partial charge in [0.05, 0.1) is 12.2 Å². The first-order valence-corrected chi connectivity index (χ1v) is 8.00. The van der Waals surface area contributed by atoms with Crippen molar-refractivity contribution >= 4 is 11.8 Å². The van der Waals surface area contributed by atoms with E-state index in [9.17, 15) is 0 Å². The summed E-state index contributed by atoms with van der Waals surface area (Å²) in [5.41, 5.74) is 6.38. The molecule has 1 spiro atoms. The molecule has 0 aromatic rings. The maximum Gasteiger partial charge on any atom is 0.0939 e. The Kier molecular flexibility index (Phi) is 4.63. The van der Waals surface area contributed by atoms with Gasteiger partial charge in [-0.25, -0.2) is 0 Å². The number of thioether (sulfide) groups is 1.